The second-order valence-corrected chi connectivity index (χ2v) is 5.49. The van der Waals surface area contributed by atoms with E-state index >= 15 is 0 Å². The topological polar surface area (TPSA) is 24.9 Å². The van der Waals surface area contributed by atoms with Crippen LogP contribution in [-0.4, -0.2) is 11.0 Å². The van der Waals surface area contributed by atoms with Gasteiger partial charge in [-0.3, -0.25) is 4.98 Å². The fourth-order valence-corrected chi connectivity index (χ4v) is 2.18. The van der Waals surface area contributed by atoms with Crippen LogP contribution >= 0.6 is 0 Å². The van der Waals surface area contributed by atoms with Crippen LogP contribution in [0, 0.1) is 0 Å². The summed E-state index contributed by atoms with van der Waals surface area (Å²) in [5.74, 6) is 0. The van der Waals surface area contributed by atoms with Crippen molar-refractivity contribution in [1.82, 2.24) is 10.3 Å². The Bertz CT molecular complexity index is 529. The smallest absolute Gasteiger partial charge is 0.0447 e. The van der Waals surface area contributed by atoms with Crippen molar-refractivity contribution >= 4 is 0 Å². The van der Waals surface area contributed by atoms with E-state index in [0.29, 0.717) is 6.04 Å². The molecule has 0 atom stereocenters. The van der Waals surface area contributed by atoms with Crippen LogP contribution in [0.15, 0.2) is 42.6 Å². The van der Waals surface area contributed by atoms with Crippen LogP contribution in [0.2, 0.25) is 0 Å². The third-order valence-electron chi connectivity index (χ3n) is 3.48. The minimum atomic E-state index is 0.505. The van der Waals surface area contributed by atoms with Crippen molar-refractivity contribution in [3.05, 3.63) is 65.0 Å². The third kappa shape index (κ3) is 4.17. The van der Waals surface area contributed by atoms with Gasteiger partial charge in [0.15, 0.2) is 0 Å². The number of aryl methyl sites for hydroxylation is 1. The molecular formula is C18H24N2. The summed E-state index contributed by atoms with van der Waals surface area (Å²) in [7, 11) is 0. The molecule has 0 saturated carbocycles. The van der Waals surface area contributed by atoms with Crippen molar-refractivity contribution in [2.75, 3.05) is 0 Å². The van der Waals surface area contributed by atoms with E-state index in [9.17, 15) is 0 Å². The molecule has 0 bridgehead atoms. The molecular weight excluding hydrogens is 244 g/mol. The van der Waals surface area contributed by atoms with E-state index in [1.165, 1.54) is 16.7 Å². The van der Waals surface area contributed by atoms with Gasteiger partial charge in [-0.2, -0.15) is 0 Å². The molecule has 106 valence electrons. The predicted octanol–water partition coefficient (Wildman–Crippen LogP) is 3.73. The Morgan fingerprint density at radius 1 is 1.05 bits per heavy atom. The second-order valence-electron chi connectivity index (χ2n) is 5.49. The van der Waals surface area contributed by atoms with E-state index in [1.54, 1.807) is 0 Å². The predicted molar refractivity (Wildman–Crippen MR) is 84.8 cm³/mol. The molecule has 1 N–H and O–H groups in total. The van der Waals surface area contributed by atoms with Crippen LogP contribution in [0.4, 0.5) is 0 Å². The summed E-state index contributed by atoms with van der Waals surface area (Å²) < 4.78 is 0. The summed E-state index contributed by atoms with van der Waals surface area (Å²) in [6.45, 7) is 7.42. The quantitative estimate of drug-likeness (QED) is 0.863. The van der Waals surface area contributed by atoms with Gasteiger partial charge in [-0.25, -0.2) is 0 Å². The molecule has 1 aromatic heterocycles. The van der Waals surface area contributed by atoms with Crippen molar-refractivity contribution in [3.8, 4) is 0 Å². The van der Waals surface area contributed by atoms with E-state index < -0.39 is 0 Å². The van der Waals surface area contributed by atoms with Crippen molar-refractivity contribution in [3.63, 3.8) is 0 Å². The Hall–Kier alpha value is -1.67. The zero-order chi connectivity index (χ0) is 14.4. The van der Waals surface area contributed by atoms with E-state index in [4.69, 9.17) is 0 Å². The summed E-state index contributed by atoms with van der Waals surface area (Å²) in [6.07, 6.45) is 3.94. The summed E-state index contributed by atoms with van der Waals surface area (Å²) >= 11 is 0. The summed E-state index contributed by atoms with van der Waals surface area (Å²) in [6, 6.07) is 13.4. The lowest BCUT2D eigenvalue weighted by atomic mass is 10.0. The molecule has 20 heavy (non-hydrogen) atoms. The Morgan fingerprint density at radius 3 is 2.40 bits per heavy atom. The molecule has 0 radical (unpaired) electrons. The maximum atomic E-state index is 4.56. The minimum Gasteiger partial charge on any atom is -0.310 e. The molecule has 1 heterocycles. The number of rotatable bonds is 6. The molecule has 0 aliphatic rings. The van der Waals surface area contributed by atoms with Gasteiger partial charge in [0.05, 0.1) is 0 Å². The lowest BCUT2D eigenvalue weighted by molar-refractivity contribution is 0.587. The van der Waals surface area contributed by atoms with E-state index in [2.05, 4.69) is 67.5 Å². The van der Waals surface area contributed by atoms with Crippen molar-refractivity contribution in [1.29, 1.82) is 0 Å². The van der Waals surface area contributed by atoms with Crippen LogP contribution in [0.3, 0.4) is 0 Å². The first-order valence-electron chi connectivity index (χ1n) is 7.43. The molecule has 0 amide bonds. The SMILES string of the molecule is CCc1ccc(Cc2ccccc2CNC(C)C)nc1. The molecule has 0 fully saturated rings. The lowest BCUT2D eigenvalue weighted by Crippen LogP contribution is -2.22. The zero-order valence-electron chi connectivity index (χ0n) is 12.7. The summed E-state index contributed by atoms with van der Waals surface area (Å²) in [5, 5.41) is 3.49. The van der Waals surface area contributed by atoms with E-state index in [1.807, 2.05) is 6.20 Å². The first-order valence-corrected chi connectivity index (χ1v) is 7.43. The Morgan fingerprint density at radius 2 is 1.80 bits per heavy atom. The van der Waals surface area contributed by atoms with Crippen molar-refractivity contribution < 1.29 is 0 Å². The average Bonchev–Trinajstić information content (AvgIpc) is 2.47. The second kappa shape index (κ2) is 7.20. The molecule has 0 aliphatic heterocycles. The summed E-state index contributed by atoms with van der Waals surface area (Å²) in [5.41, 5.74) is 5.16. The molecule has 2 heteroatoms. The lowest BCUT2D eigenvalue weighted by Gasteiger charge is -2.12. The number of nitrogens with zero attached hydrogens (tertiary/aromatic N) is 1. The van der Waals surface area contributed by atoms with Gasteiger partial charge in [-0.05, 0) is 29.2 Å². The van der Waals surface area contributed by atoms with E-state index in [-0.39, 0.29) is 0 Å². The summed E-state index contributed by atoms with van der Waals surface area (Å²) in [4.78, 5) is 4.56. The van der Waals surface area contributed by atoms with Crippen molar-refractivity contribution in [2.24, 2.45) is 0 Å². The fraction of sp³-hybridized carbons (Fsp3) is 0.389. The molecule has 2 rings (SSSR count). The Labute approximate surface area is 122 Å². The highest BCUT2D eigenvalue weighted by molar-refractivity contribution is 5.31. The molecule has 0 aliphatic carbocycles. The first kappa shape index (κ1) is 14.7. The third-order valence-corrected chi connectivity index (χ3v) is 3.48. The van der Waals surface area contributed by atoms with Crippen LogP contribution < -0.4 is 5.32 Å². The molecule has 2 aromatic rings. The van der Waals surface area contributed by atoms with Gasteiger partial charge in [-0.15, -0.1) is 0 Å². The van der Waals surface area contributed by atoms with Crippen LogP contribution in [0.25, 0.3) is 0 Å². The van der Waals surface area contributed by atoms with Gasteiger partial charge in [0.2, 0.25) is 0 Å². The number of hydrogen-bond donors (Lipinski definition) is 1. The molecule has 1 aromatic carbocycles. The number of hydrogen-bond acceptors (Lipinski definition) is 2. The standard InChI is InChI=1S/C18H24N2/c1-4-15-9-10-18(20-12-15)11-16-7-5-6-8-17(16)13-19-14(2)3/h5-10,12,14,19H,4,11,13H2,1-3H3. The number of aromatic nitrogens is 1. The highest BCUT2D eigenvalue weighted by atomic mass is 14.9. The van der Waals surface area contributed by atoms with Gasteiger partial charge < -0.3 is 5.32 Å². The van der Waals surface area contributed by atoms with Crippen LogP contribution in [0.5, 0.6) is 0 Å². The number of pyridine rings is 1. The Balaban J connectivity index is 2.11. The maximum absolute atomic E-state index is 4.56. The van der Waals surface area contributed by atoms with Crippen molar-refractivity contribution in [2.45, 2.75) is 46.2 Å². The van der Waals surface area contributed by atoms with Gasteiger partial charge in [-0.1, -0.05) is 51.1 Å². The van der Waals surface area contributed by atoms with Gasteiger partial charge in [0, 0.05) is 30.9 Å². The van der Waals surface area contributed by atoms with Crippen LogP contribution in [0.1, 0.15) is 43.2 Å². The molecule has 0 saturated heterocycles. The zero-order valence-corrected chi connectivity index (χ0v) is 12.7. The highest BCUT2D eigenvalue weighted by Crippen LogP contribution is 2.14. The van der Waals surface area contributed by atoms with Gasteiger partial charge in [0.1, 0.15) is 0 Å². The molecule has 2 nitrogen and oxygen atoms in total. The average molecular weight is 268 g/mol. The van der Waals surface area contributed by atoms with Crippen LogP contribution in [-0.2, 0) is 19.4 Å². The number of nitrogens with one attached hydrogen (secondary N) is 1. The fourth-order valence-electron chi connectivity index (χ4n) is 2.18. The van der Waals surface area contributed by atoms with E-state index in [0.717, 1.165) is 25.1 Å². The monoisotopic (exact) mass is 268 g/mol. The highest BCUT2D eigenvalue weighted by Gasteiger charge is 2.04. The normalized spacial score (nSPS) is 11.0. The first-order chi connectivity index (χ1) is 9.69. The minimum absolute atomic E-state index is 0.505. The molecule has 0 spiro atoms. The maximum Gasteiger partial charge on any atom is 0.0447 e. The van der Waals surface area contributed by atoms with Gasteiger partial charge in [0.25, 0.3) is 0 Å². The number of benzene rings is 1. The Kier molecular flexibility index (Phi) is 5.31. The molecule has 0 unspecified atom stereocenters. The van der Waals surface area contributed by atoms with Gasteiger partial charge >= 0.3 is 0 Å². The largest absolute Gasteiger partial charge is 0.310 e.